The summed E-state index contributed by atoms with van der Waals surface area (Å²) in [4.78, 5) is 2.24. The third kappa shape index (κ3) is 3.48. The second-order valence-corrected chi connectivity index (χ2v) is 6.28. The second-order valence-electron chi connectivity index (χ2n) is 6.28. The average Bonchev–Trinajstić information content (AvgIpc) is 2.38. The molecule has 1 unspecified atom stereocenters. The van der Waals surface area contributed by atoms with E-state index in [0.717, 1.165) is 25.1 Å². The Kier molecular flexibility index (Phi) is 4.48. The molecule has 3 heteroatoms. The molecule has 0 aromatic heterocycles. The van der Waals surface area contributed by atoms with Crippen molar-refractivity contribution in [2.24, 2.45) is 5.73 Å². The molecule has 4 N–H and O–H groups in total. The number of nitrogens with zero attached hydrogens (tertiary/aromatic N) is 1. The summed E-state index contributed by atoms with van der Waals surface area (Å²) < 4.78 is 0. The lowest BCUT2D eigenvalue weighted by atomic mass is 9.70. The number of nitrogens with two attached hydrogens (primary N) is 2. The maximum absolute atomic E-state index is 6.76. The highest BCUT2D eigenvalue weighted by molar-refractivity contribution is 5.41. The zero-order valence-corrected chi connectivity index (χ0v) is 12.2. The van der Waals surface area contributed by atoms with Gasteiger partial charge in [-0.25, -0.2) is 0 Å². The molecule has 1 aromatic carbocycles. The van der Waals surface area contributed by atoms with Crippen molar-refractivity contribution < 1.29 is 0 Å². The Hall–Kier alpha value is -1.06. The van der Waals surface area contributed by atoms with Crippen LogP contribution in [0.25, 0.3) is 0 Å². The van der Waals surface area contributed by atoms with E-state index in [2.05, 4.69) is 31.1 Å². The summed E-state index contributed by atoms with van der Waals surface area (Å²) in [7, 11) is 4.24. The van der Waals surface area contributed by atoms with Crippen LogP contribution >= 0.6 is 0 Å². The number of benzene rings is 1. The predicted molar refractivity (Wildman–Crippen MR) is 82.2 cm³/mol. The Morgan fingerprint density at radius 2 is 1.68 bits per heavy atom. The SMILES string of the molecule is CN(C)CC(c1ccc(N)cc1)C1(N)CCCCC1. The normalized spacial score (nSPS) is 20.4. The Morgan fingerprint density at radius 1 is 1.11 bits per heavy atom. The Balaban J connectivity index is 2.26. The van der Waals surface area contributed by atoms with Crippen LogP contribution in [0.5, 0.6) is 0 Å². The molecule has 1 aliphatic carbocycles. The maximum Gasteiger partial charge on any atom is 0.0314 e. The molecule has 1 atom stereocenters. The molecule has 0 saturated heterocycles. The summed E-state index contributed by atoms with van der Waals surface area (Å²) in [6.45, 7) is 1.00. The minimum atomic E-state index is -0.0569. The van der Waals surface area contributed by atoms with Gasteiger partial charge in [-0.3, -0.25) is 0 Å². The van der Waals surface area contributed by atoms with Gasteiger partial charge >= 0.3 is 0 Å². The fourth-order valence-electron chi connectivity index (χ4n) is 3.27. The smallest absolute Gasteiger partial charge is 0.0314 e. The van der Waals surface area contributed by atoms with Crippen LogP contribution in [-0.2, 0) is 0 Å². The summed E-state index contributed by atoms with van der Waals surface area (Å²) in [6, 6.07) is 8.27. The standard InChI is InChI=1S/C16H27N3/c1-19(2)12-15(13-6-8-14(17)9-7-13)16(18)10-4-3-5-11-16/h6-9,15H,3-5,10-12,17-18H2,1-2H3. The van der Waals surface area contributed by atoms with E-state index in [-0.39, 0.29) is 5.54 Å². The summed E-state index contributed by atoms with van der Waals surface area (Å²) in [5.74, 6) is 0.392. The molecule has 106 valence electrons. The Morgan fingerprint density at radius 3 is 2.21 bits per heavy atom. The second kappa shape index (κ2) is 5.93. The van der Waals surface area contributed by atoms with E-state index in [1.54, 1.807) is 0 Å². The largest absolute Gasteiger partial charge is 0.399 e. The minimum Gasteiger partial charge on any atom is -0.399 e. The maximum atomic E-state index is 6.76. The Bertz CT molecular complexity index is 391. The van der Waals surface area contributed by atoms with Gasteiger partial charge in [0.2, 0.25) is 0 Å². The number of anilines is 1. The molecule has 0 aliphatic heterocycles. The van der Waals surface area contributed by atoms with Crippen LogP contribution in [-0.4, -0.2) is 31.1 Å². The Labute approximate surface area is 117 Å². The topological polar surface area (TPSA) is 55.3 Å². The molecule has 0 amide bonds. The number of hydrogen-bond acceptors (Lipinski definition) is 3. The molecule has 1 aliphatic rings. The molecule has 0 spiro atoms. The van der Waals surface area contributed by atoms with Gasteiger partial charge in [-0.05, 0) is 44.6 Å². The minimum absolute atomic E-state index is 0.0569. The predicted octanol–water partition coefficient (Wildman–Crippen LogP) is 2.58. The summed E-state index contributed by atoms with van der Waals surface area (Å²) in [5, 5.41) is 0. The first-order chi connectivity index (χ1) is 9.01. The van der Waals surface area contributed by atoms with Crippen LogP contribution in [0.4, 0.5) is 5.69 Å². The number of hydrogen-bond donors (Lipinski definition) is 2. The third-order valence-electron chi connectivity index (χ3n) is 4.36. The van der Waals surface area contributed by atoms with Crippen molar-refractivity contribution in [3.05, 3.63) is 29.8 Å². The molecule has 3 nitrogen and oxygen atoms in total. The summed E-state index contributed by atoms with van der Waals surface area (Å²) in [6.07, 6.45) is 6.12. The van der Waals surface area contributed by atoms with Crippen LogP contribution in [0.2, 0.25) is 0 Å². The first-order valence-electron chi connectivity index (χ1n) is 7.30. The van der Waals surface area contributed by atoms with Gasteiger partial charge in [0.15, 0.2) is 0 Å². The molecule has 0 radical (unpaired) electrons. The quantitative estimate of drug-likeness (QED) is 0.819. The molecule has 0 bridgehead atoms. The highest BCUT2D eigenvalue weighted by Gasteiger charge is 2.37. The van der Waals surface area contributed by atoms with E-state index < -0.39 is 0 Å². The fraction of sp³-hybridized carbons (Fsp3) is 0.625. The molecule has 2 rings (SSSR count). The summed E-state index contributed by atoms with van der Waals surface area (Å²) >= 11 is 0. The lowest BCUT2D eigenvalue weighted by Crippen LogP contribution is -2.50. The van der Waals surface area contributed by atoms with Gasteiger partial charge in [-0.15, -0.1) is 0 Å². The molecule has 1 fully saturated rings. The van der Waals surface area contributed by atoms with Gasteiger partial charge in [0.1, 0.15) is 0 Å². The van der Waals surface area contributed by atoms with Crippen molar-refractivity contribution >= 4 is 5.69 Å². The van der Waals surface area contributed by atoms with Gasteiger partial charge in [0.25, 0.3) is 0 Å². The molecule has 1 aromatic rings. The van der Waals surface area contributed by atoms with Crippen molar-refractivity contribution in [3.63, 3.8) is 0 Å². The molecule has 1 saturated carbocycles. The van der Waals surface area contributed by atoms with Crippen molar-refractivity contribution in [3.8, 4) is 0 Å². The first-order valence-corrected chi connectivity index (χ1v) is 7.30. The first kappa shape index (κ1) is 14.4. The fourth-order valence-corrected chi connectivity index (χ4v) is 3.27. The van der Waals surface area contributed by atoms with E-state index in [1.165, 1.54) is 24.8 Å². The van der Waals surface area contributed by atoms with Crippen molar-refractivity contribution in [2.75, 3.05) is 26.4 Å². The monoisotopic (exact) mass is 261 g/mol. The average molecular weight is 261 g/mol. The zero-order chi connectivity index (χ0) is 13.9. The van der Waals surface area contributed by atoms with Crippen molar-refractivity contribution in [1.29, 1.82) is 0 Å². The lowest BCUT2D eigenvalue weighted by molar-refractivity contribution is 0.210. The van der Waals surface area contributed by atoms with Crippen LogP contribution in [0, 0.1) is 0 Å². The number of nitrogen functional groups attached to an aromatic ring is 1. The van der Waals surface area contributed by atoms with Gasteiger partial charge in [-0.2, -0.15) is 0 Å². The van der Waals surface area contributed by atoms with Crippen LogP contribution in [0.1, 0.15) is 43.6 Å². The molecule has 0 heterocycles. The van der Waals surface area contributed by atoms with E-state index in [9.17, 15) is 0 Å². The van der Waals surface area contributed by atoms with Gasteiger partial charge in [0, 0.05) is 23.7 Å². The van der Waals surface area contributed by atoms with Gasteiger partial charge in [0.05, 0.1) is 0 Å². The zero-order valence-electron chi connectivity index (χ0n) is 12.2. The van der Waals surface area contributed by atoms with Crippen LogP contribution in [0.15, 0.2) is 24.3 Å². The van der Waals surface area contributed by atoms with Gasteiger partial charge < -0.3 is 16.4 Å². The third-order valence-corrected chi connectivity index (χ3v) is 4.36. The van der Waals surface area contributed by atoms with Gasteiger partial charge in [-0.1, -0.05) is 31.4 Å². The van der Waals surface area contributed by atoms with Crippen LogP contribution < -0.4 is 11.5 Å². The number of rotatable bonds is 4. The van der Waals surface area contributed by atoms with E-state index in [1.807, 2.05) is 12.1 Å². The highest BCUT2D eigenvalue weighted by Crippen LogP contribution is 2.38. The molecular weight excluding hydrogens is 234 g/mol. The lowest BCUT2D eigenvalue weighted by Gasteiger charge is -2.42. The van der Waals surface area contributed by atoms with E-state index >= 15 is 0 Å². The summed E-state index contributed by atoms with van der Waals surface area (Å²) in [5.41, 5.74) is 14.7. The van der Waals surface area contributed by atoms with E-state index in [4.69, 9.17) is 11.5 Å². The number of likely N-dealkylation sites (N-methyl/N-ethyl adjacent to an activating group) is 1. The molecule has 19 heavy (non-hydrogen) atoms. The van der Waals surface area contributed by atoms with Crippen molar-refractivity contribution in [2.45, 2.75) is 43.6 Å². The van der Waals surface area contributed by atoms with E-state index in [0.29, 0.717) is 5.92 Å². The highest BCUT2D eigenvalue weighted by atomic mass is 15.1. The van der Waals surface area contributed by atoms with Crippen LogP contribution in [0.3, 0.4) is 0 Å². The van der Waals surface area contributed by atoms with Crippen molar-refractivity contribution in [1.82, 2.24) is 4.90 Å². The molecular formula is C16H27N3.